The average Bonchev–Trinajstić information content (AvgIpc) is 2.20. The number of hydrogen-bond donors (Lipinski definition) is 1. The van der Waals surface area contributed by atoms with Gasteiger partial charge in [-0.05, 0) is 24.1 Å². The Morgan fingerprint density at radius 3 is 3.07 bits per heavy atom. The summed E-state index contributed by atoms with van der Waals surface area (Å²) in [5, 5.41) is 3.42. The van der Waals surface area contributed by atoms with Crippen LogP contribution in [0.25, 0.3) is 0 Å². The SMILES string of the molecule is CCCc1ccc2c(c1)N(C)CCN2. The van der Waals surface area contributed by atoms with Crippen LogP contribution in [0.3, 0.4) is 0 Å². The van der Waals surface area contributed by atoms with E-state index in [1.807, 2.05) is 0 Å². The van der Waals surface area contributed by atoms with Crippen molar-refractivity contribution in [3.05, 3.63) is 23.8 Å². The summed E-state index contributed by atoms with van der Waals surface area (Å²) in [6.07, 6.45) is 2.40. The van der Waals surface area contributed by atoms with Crippen LogP contribution in [0, 0.1) is 0 Å². The van der Waals surface area contributed by atoms with Crippen molar-refractivity contribution in [2.75, 3.05) is 30.4 Å². The van der Waals surface area contributed by atoms with Crippen LogP contribution >= 0.6 is 0 Å². The minimum Gasteiger partial charge on any atom is -0.382 e. The molecule has 0 spiro atoms. The zero-order valence-corrected chi connectivity index (χ0v) is 9.01. The molecule has 1 aromatic carbocycles. The van der Waals surface area contributed by atoms with Gasteiger partial charge in [0.1, 0.15) is 0 Å². The first-order valence-corrected chi connectivity index (χ1v) is 5.39. The third-order valence-corrected chi connectivity index (χ3v) is 2.77. The summed E-state index contributed by atoms with van der Waals surface area (Å²) in [6, 6.07) is 6.75. The lowest BCUT2D eigenvalue weighted by molar-refractivity contribution is 0.876. The van der Waals surface area contributed by atoms with Crippen LogP contribution in [0.5, 0.6) is 0 Å². The molecule has 14 heavy (non-hydrogen) atoms. The highest BCUT2D eigenvalue weighted by atomic mass is 15.2. The van der Waals surface area contributed by atoms with Gasteiger partial charge < -0.3 is 10.2 Å². The Hall–Kier alpha value is -1.18. The second kappa shape index (κ2) is 3.91. The molecule has 2 heteroatoms. The maximum atomic E-state index is 3.42. The number of rotatable bonds is 2. The molecule has 1 heterocycles. The highest BCUT2D eigenvalue weighted by Gasteiger charge is 2.12. The minimum atomic E-state index is 1.05. The zero-order chi connectivity index (χ0) is 9.97. The van der Waals surface area contributed by atoms with E-state index in [1.165, 1.54) is 29.8 Å². The van der Waals surface area contributed by atoms with E-state index in [4.69, 9.17) is 0 Å². The molecule has 1 aliphatic heterocycles. The molecule has 0 saturated heterocycles. The summed E-state index contributed by atoms with van der Waals surface area (Å²) >= 11 is 0. The molecule has 0 saturated carbocycles. The van der Waals surface area contributed by atoms with Crippen LogP contribution < -0.4 is 10.2 Å². The lowest BCUT2D eigenvalue weighted by Crippen LogP contribution is -2.30. The van der Waals surface area contributed by atoms with Gasteiger partial charge in [0, 0.05) is 20.1 Å². The number of anilines is 2. The van der Waals surface area contributed by atoms with Gasteiger partial charge in [-0.15, -0.1) is 0 Å². The molecule has 0 aromatic heterocycles. The average molecular weight is 190 g/mol. The van der Waals surface area contributed by atoms with Crippen molar-refractivity contribution in [1.29, 1.82) is 0 Å². The Kier molecular flexibility index (Phi) is 2.62. The van der Waals surface area contributed by atoms with Crippen LogP contribution in [0.4, 0.5) is 11.4 Å². The molecule has 0 radical (unpaired) electrons. The summed E-state index contributed by atoms with van der Waals surface area (Å²) < 4.78 is 0. The van der Waals surface area contributed by atoms with Gasteiger partial charge in [0.25, 0.3) is 0 Å². The first-order valence-electron chi connectivity index (χ1n) is 5.39. The van der Waals surface area contributed by atoms with E-state index < -0.39 is 0 Å². The molecule has 0 unspecified atom stereocenters. The molecule has 0 amide bonds. The third-order valence-electron chi connectivity index (χ3n) is 2.77. The van der Waals surface area contributed by atoms with Gasteiger partial charge in [-0.2, -0.15) is 0 Å². The monoisotopic (exact) mass is 190 g/mol. The quantitative estimate of drug-likeness (QED) is 0.770. The summed E-state index contributed by atoms with van der Waals surface area (Å²) in [6.45, 7) is 4.38. The zero-order valence-electron chi connectivity index (χ0n) is 9.01. The van der Waals surface area contributed by atoms with Crippen molar-refractivity contribution in [2.45, 2.75) is 19.8 Å². The van der Waals surface area contributed by atoms with Gasteiger partial charge in [0.2, 0.25) is 0 Å². The van der Waals surface area contributed by atoms with Gasteiger partial charge in [0.15, 0.2) is 0 Å². The van der Waals surface area contributed by atoms with E-state index >= 15 is 0 Å². The number of nitrogens with zero attached hydrogens (tertiary/aromatic N) is 1. The Morgan fingerprint density at radius 1 is 1.43 bits per heavy atom. The molecule has 1 N–H and O–H groups in total. The van der Waals surface area contributed by atoms with Gasteiger partial charge in [-0.3, -0.25) is 0 Å². The molecule has 0 aliphatic carbocycles. The van der Waals surface area contributed by atoms with Crippen molar-refractivity contribution in [1.82, 2.24) is 0 Å². The number of likely N-dealkylation sites (N-methyl/N-ethyl adjacent to an activating group) is 1. The second-order valence-corrected chi connectivity index (χ2v) is 3.95. The molecule has 2 rings (SSSR count). The van der Waals surface area contributed by atoms with Crippen LogP contribution in [0.1, 0.15) is 18.9 Å². The highest BCUT2D eigenvalue weighted by molar-refractivity contribution is 5.72. The van der Waals surface area contributed by atoms with Crippen molar-refractivity contribution in [2.24, 2.45) is 0 Å². The van der Waals surface area contributed by atoms with E-state index in [1.54, 1.807) is 0 Å². The summed E-state index contributed by atoms with van der Waals surface area (Å²) in [7, 11) is 2.16. The van der Waals surface area contributed by atoms with E-state index in [9.17, 15) is 0 Å². The molecule has 0 fully saturated rings. The number of aryl methyl sites for hydroxylation is 1. The van der Waals surface area contributed by atoms with E-state index in [0.717, 1.165) is 13.1 Å². The van der Waals surface area contributed by atoms with Gasteiger partial charge in [-0.1, -0.05) is 19.4 Å². The lowest BCUT2D eigenvalue weighted by atomic mass is 10.1. The normalized spacial score (nSPS) is 14.9. The molecule has 0 bridgehead atoms. The topological polar surface area (TPSA) is 15.3 Å². The Balaban J connectivity index is 2.31. The maximum Gasteiger partial charge on any atom is 0.0602 e. The smallest absolute Gasteiger partial charge is 0.0602 e. The van der Waals surface area contributed by atoms with Crippen molar-refractivity contribution >= 4 is 11.4 Å². The molecule has 1 aliphatic rings. The minimum absolute atomic E-state index is 1.05. The molecule has 76 valence electrons. The standard InChI is InChI=1S/C12H18N2/c1-3-4-10-5-6-11-12(9-10)14(2)8-7-13-11/h5-6,9,13H,3-4,7-8H2,1-2H3. The molecule has 1 aromatic rings. The predicted octanol–water partition coefficient (Wildman–Crippen LogP) is 2.50. The number of fused-ring (bicyclic) bond motifs is 1. The first-order chi connectivity index (χ1) is 6.81. The van der Waals surface area contributed by atoms with Crippen LogP contribution in [0.15, 0.2) is 18.2 Å². The molecule has 0 atom stereocenters. The number of nitrogens with one attached hydrogen (secondary N) is 1. The maximum absolute atomic E-state index is 3.42. The predicted molar refractivity (Wildman–Crippen MR) is 62.2 cm³/mol. The third kappa shape index (κ3) is 1.69. The fraction of sp³-hybridized carbons (Fsp3) is 0.500. The van der Waals surface area contributed by atoms with E-state index in [-0.39, 0.29) is 0 Å². The Labute approximate surface area is 85.9 Å². The molecular weight excluding hydrogens is 172 g/mol. The van der Waals surface area contributed by atoms with Gasteiger partial charge >= 0.3 is 0 Å². The van der Waals surface area contributed by atoms with Crippen LogP contribution in [-0.4, -0.2) is 20.1 Å². The van der Waals surface area contributed by atoms with Crippen LogP contribution in [0.2, 0.25) is 0 Å². The van der Waals surface area contributed by atoms with Crippen LogP contribution in [-0.2, 0) is 6.42 Å². The lowest BCUT2D eigenvalue weighted by Gasteiger charge is -2.29. The van der Waals surface area contributed by atoms with Crippen molar-refractivity contribution in [3.8, 4) is 0 Å². The summed E-state index contributed by atoms with van der Waals surface area (Å²) in [5.41, 5.74) is 4.07. The highest BCUT2D eigenvalue weighted by Crippen LogP contribution is 2.29. The summed E-state index contributed by atoms with van der Waals surface area (Å²) in [4.78, 5) is 2.32. The van der Waals surface area contributed by atoms with Gasteiger partial charge in [-0.25, -0.2) is 0 Å². The Morgan fingerprint density at radius 2 is 2.29 bits per heavy atom. The largest absolute Gasteiger partial charge is 0.382 e. The summed E-state index contributed by atoms with van der Waals surface area (Å²) in [5.74, 6) is 0. The van der Waals surface area contributed by atoms with Crippen molar-refractivity contribution in [3.63, 3.8) is 0 Å². The fourth-order valence-corrected chi connectivity index (χ4v) is 1.97. The molecule has 2 nitrogen and oxygen atoms in total. The van der Waals surface area contributed by atoms with Gasteiger partial charge in [0.05, 0.1) is 11.4 Å². The number of hydrogen-bond acceptors (Lipinski definition) is 2. The fourth-order valence-electron chi connectivity index (χ4n) is 1.97. The second-order valence-electron chi connectivity index (χ2n) is 3.95. The number of benzene rings is 1. The Bertz CT molecular complexity index is 320. The molecular formula is C12H18N2. The first kappa shape index (κ1) is 9.38. The van der Waals surface area contributed by atoms with E-state index in [2.05, 4.69) is 42.4 Å². The van der Waals surface area contributed by atoms with Crippen molar-refractivity contribution < 1.29 is 0 Å². The van der Waals surface area contributed by atoms with E-state index in [0.29, 0.717) is 0 Å².